The number of thiocarbonyl (C=S) groups is 1. The van der Waals surface area contributed by atoms with Crippen LogP contribution in [0.25, 0.3) is 0 Å². The standard InChI is InChI=1S/C22H24ClN5O4S/c1-2-3-20(29)27-12-10-26(11-13-27)17-7-5-16(6-8-17)24-22(33)25-21(30)15-4-9-18(23)19(14-15)28(31)32/h4-9,14H,2-3,10-13H2,1H3,(H2,24,25,30,33). The molecule has 1 heterocycles. The predicted octanol–water partition coefficient (Wildman–Crippen LogP) is 3.82. The number of halogens is 1. The quantitative estimate of drug-likeness (QED) is 0.360. The normalized spacial score (nSPS) is 13.4. The fraction of sp³-hybridized carbons (Fsp3) is 0.318. The minimum absolute atomic E-state index is 0.0497. The first-order chi connectivity index (χ1) is 15.8. The van der Waals surface area contributed by atoms with E-state index in [9.17, 15) is 19.7 Å². The van der Waals surface area contributed by atoms with Crippen molar-refractivity contribution in [2.45, 2.75) is 19.8 Å². The van der Waals surface area contributed by atoms with Gasteiger partial charge < -0.3 is 15.1 Å². The van der Waals surface area contributed by atoms with Gasteiger partial charge in [-0.25, -0.2) is 0 Å². The lowest BCUT2D eigenvalue weighted by Crippen LogP contribution is -2.48. The fourth-order valence-electron chi connectivity index (χ4n) is 3.47. The monoisotopic (exact) mass is 489 g/mol. The van der Waals surface area contributed by atoms with Gasteiger partial charge >= 0.3 is 0 Å². The van der Waals surface area contributed by atoms with Crippen molar-refractivity contribution in [1.29, 1.82) is 0 Å². The Hall–Kier alpha value is -3.24. The molecule has 1 aliphatic heterocycles. The number of nitro groups is 1. The number of anilines is 2. The van der Waals surface area contributed by atoms with E-state index in [0.29, 0.717) is 25.2 Å². The maximum absolute atomic E-state index is 12.4. The zero-order valence-corrected chi connectivity index (χ0v) is 19.6. The van der Waals surface area contributed by atoms with Gasteiger partial charge in [-0.3, -0.25) is 25.0 Å². The second-order valence-electron chi connectivity index (χ2n) is 7.50. The zero-order chi connectivity index (χ0) is 24.0. The molecule has 0 radical (unpaired) electrons. The topological polar surface area (TPSA) is 108 Å². The highest BCUT2D eigenvalue weighted by Gasteiger charge is 2.21. The maximum atomic E-state index is 12.4. The first kappa shape index (κ1) is 24.4. The molecule has 2 N–H and O–H groups in total. The van der Waals surface area contributed by atoms with Crippen LogP contribution < -0.4 is 15.5 Å². The van der Waals surface area contributed by atoms with Gasteiger partial charge in [-0.05, 0) is 55.0 Å². The van der Waals surface area contributed by atoms with Crippen molar-refractivity contribution >= 4 is 57.8 Å². The molecule has 1 aliphatic rings. The van der Waals surface area contributed by atoms with Crippen molar-refractivity contribution in [1.82, 2.24) is 10.2 Å². The Morgan fingerprint density at radius 1 is 1.12 bits per heavy atom. The lowest BCUT2D eigenvalue weighted by Gasteiger charge is -2.36. The van der Waals surface area contributed by atoms with Crippen LogP contribution in [0.3, 0.4) is 0 Å². The minimum atomic E-state index is -0.653. The van der Waals surface area contributed by atoms with Crippen molar-refractivity contribution in [2.75, 3.05) is 36.4 Å². The van der Waals surface area contributed by atoms with Crippen LogP contribution in [0.15, 0.2) is 42.5 Å². The molecule has 0 bridgehead atoms. The van der Waals surface area contributed by atoms with E-state index in [1.165, 1.54) is 12.1 Å². The first-order valence-electron chi connectivity index (χ1n) is 10.5. The summed E-state index contributed by atoms with van der Waals surface area (Å²) in [6.45, 7) is 4.95. The highest BCUT2D eigenvalue weighted by Crippen LogP contribution is 2.25. The number of carbonyl (C=O) groups is 2. The van der Waals surface area contributed by atoms with Gasteiger partial charge in [0.25, 0.3) is 11.6 Å². The van der Waals surface area contributed by atoms with Crippen LogP contribution in [-0.4, -0.2) is 52.9 Å². The predicted molar refractivity (Wildman–Crippen MR) is 132 cm³/mol. The van der Waals surface area contributed by atoms with Crippen molar-refractivity contribution in [3.8, 4) is 0 Å². The van der Waals surface area contributed by atoms with E-state index in [4.69, 9.17) is 23.8 Å². The Labute approximate surface area is 201 Å². The largest absolute Gasteiger partial charge is 0.368 e. The summed E-state index contributed by atoms with van der Waals surface area (Å²) in [5.41, 5.74) is 1.44. The highest BCUT2D eigenvalue weighted by molar-refractivity contribution is 7.80. The van der Waals surface area contributed by atoms with Gasteiger partial charge in [-0.2, -0.15) is 0 Å². The van der Waals surface area contributed by atoms with Crippen molar-refractivity contribution < 1.29 is 14.5 Å². The van der Waals surface area contributed by atoms with E-state index in [1.807, 2.05) is 36.1 Å². The smallest absolute Gasteiger partial charge is 0.288 e. The van der Waals surface area contributed by atoms with Crippen molar-refractivity contribution in [2.24, 2.45) is 0 Å². The lowest BCUT2D eigenvalue weighted by molar-refractivity contribution is -0.384. The number of nitrogens with zero attached hydrogens (tertiary/aromatic N) is 3. The van der Waals surface area contributed by atoms with E-state index in [2.05, 4.69) is 15.5 Å². The van der Waals surface area contributed by atoms with Gasteiger partial charge in [-0.15, -0.1) is 0 Å². The van der Waals surface area contributed by atoms with E-state index in [1.54, 1.807) is 0 Å². The molecule has 11 heteroatoms. The Morgan fingerprint density at radius 3 is 2.39 bits per heavy atom. The van der Waals surface area contributed by atoms with Crippen LogP contribution in [0, 0.1) is 10.1 Å². The summed E-state index contributed by atoms with van der Waals surface area (Å²) in [5, 5.41) is 16.4. The Balaban J connectivity index is 1.53. The molecule has 0 unspecified atom stereocenters. The van der Waals surface area contributed by atoms with E-state index >= 15 is 0 Å². The number of piperazine rings is 1. The maximum Gasteiger partial charge on any atom is 0.288 e. The van der Waals surface area contributed by atoms with E-state index in [0.717, 1.165) is 31.3 Å². The third kappa shape index (κ3) is 6.39. The summed E-state index contributed by atoms with van der Waals surface area (Å²) in [4.78, 5) is 38.9. The van der Waals surface area contributed by atoms with Crippen molar-refractivity contribution in [3.63, 3.8) is 0 Å². The van der Waals surface area contributed by atoms with Crippen LogP contribution in [0.5, 0.6) is 0 Å². The lowest BCUT2D eigenvalue weighted by atomic mass is 10.2. The second-order valence-corrected chi connectivity index (χ2v) is 8.31. The van der Waals surface area contributed by atoms with E-state index < -0.39 is 10.8 Å². The summed E-state index contributed by atoms with van der Waals surface area (Å²) in [7, 11) is 0. The molecule has 1 fully saturated rings. The van der Waals surface area contributed by atoms with E-state index in [-0.39, 0.29) is 27.3 Å². The number of nitrogens with one attached hydrogen (secondary N) is 2. The molecular formula is C22H24ClN5O4S. The van der Waals surface area contributed by atoms with Crippen LogP contribution >= 0.6 is 23.8 Å². The molecule has 2 aromatic carbocycles. The molecule has 2 aromatic rings. The Bertz CT molecular complexity index is 1060. The number of benzene rings is 2. The molecule has 174 valence electrons. The molecule has 9 nitrogen and oxygen atoms in total. The summed E-state index contributed by atoms with van der Waals surface area (Å²) in [5.74, 6) is -0.375. The number of hydrogen-bond acceptors (Lipinski definition) is 6. The summed E-state index contributed by atoms with van der Waals surface area (Å²) >= 11 is 11.0. The van der Waals surface area contributed by atoms with Crippen LogP contribution in [0.2, 0.25) is 5.02 Å². The van der Waals surface area contributed by atoms with Gasteiger partial charge in [0.05, 0.1) is 4.92 Å². The molecule has 33 heavy (non-hydrogen) atoms. The third-order valence-electron chi connectivity index (χ3n) is 5.22. The molecule has 0 spiro atoms. The molecule has 0 atom stereocenters. The molecule has 0 aliphatic carbocycles. The number of nitro benzene ring substituents is 1. The third-order valence-corrected chi connectivity index (χ3v) is 5.74. The van der Waals surface area contributed by atoms with Gasteiger partial charge in [-0.1, -0.05) is 18.5 Å². The molecule has 1 saturated heterocycles. The molecule has 0 saturated carbocycles. The number of hydrogen-bond donors (Lipinski definition) is 2. The second kappa shape index (κ2) is 11.1. The summed E-state index contributed by atoms with van der Waals surface area (Å²) in [6.07, 6.45) is 1.45. The van der Waals surface area contributed by atoms with Crippen LogP contribution in [0.4, 0.5) is 17.1 Å². The van der Waals surface area contributed by atoms with Crippen LogP contribution in [-0.2, 0) is 4.79 Å². The Kier molecular flexibility index (Phi) is 8.18. The fourth-order valence-corrected chi connectivity index (χ4v) is 3.87. The number of rotatable bonds is 6. The van der Waals surface area contributed by atoms with Gasteiger partial charge in [0, 0.05) is 55.6 Å². The molecule has 3 rings (SSSR count). The van der Waals surface area contributed by atoms with Crippen molar-refractivity contribution in [3.05, 3.63) is 63.2 Å². The SMILES string of the molecule is CCCC(=O)N1CCN(c2ccc(NC(=S)NC(=O)c3ccc(Cl)c([N+](=O)[O-])c3)cc2)CC1. The number of carbonyl (C=O) groups excluding carboxylic acids is 2. The first-order valence-corrected chi connectivity index (χ1v) is 11.3. The molecular weight excluding hydrogens is 466 g/mol. The van der Waals surface area contributed by atoms with Gasteiger partial charge in [0.15, 0.2) is 5.11 Å². The highest BCUT2D eigenvalue weighted by atomic mass is 35.5. The Morgan fingerprint density at radius 2 is 1.79 bits per heavy atom. The average Bonchev–Trinajstić information content (AvgIpc) is 2.80. The average molecular weight is 490 g/mol. The van der Waals surface area contributed by atoms with Crippen LogP contribution in [0.1, 0.15) is 30.1 Å². The van der Waals surface area contributed by atoms with Gasteiger partial charge in [0.2, 0.25) is 5.91 Å². The van der Waals surface area contributed by atoms with Gasteiger partial charge in [0.1, 0.15) is 5.02 Å². The zero-order valence-electron chi connectivity index (χ0n) is 18.0. The minimum Gasteiger partial charge on any atom is -0.368 e. The number of amides is 2. The summed E-state index contributed by atoms with van der Waals surface area (Å²) < 4.78 is 0. The molecule has 2 amide bonds. The summed E-state index contributed by atoms with van der Waals surface area (Å²) in [6, 6.07) is 11.4. The molecule has 0 aromatic heterocycles.